The lowest BCUT2D eigenvalue weighted by Gasteiger charge is -2.38. The molecule has 0 bridgehead atoms. The first kappa shape index (κ1) is 13.2. The van der Waals surface area contributed by atoms with Crippen LogP contribution in [0.15, 0.2) is 17.8 Å². The van der Waals surface area contributed by atoms with Crippen LogP contribution in [0.3, 0.4) is 0 Å². The van der Waals surface area contributed by atoms with Crippen molar-refractivity contribution in [3.05, 3.63) is 22.7 Å². The maximum Gasteiger partial charge on any atom is 0.266 e. The molecule has 1 aliphatic heterocycles. The van der Waals surface area contributed by atoms with Gasteiger partial charge in [-0.15, -0.1) is 16.4 Å². The monoisotopic (exact) mass is 292 g/mol. The van der Waals surface area contributed by atoms with Crippen LogP contribution in [0.4, 0.5) is 0 Å². The molecule has 8 heteroatoms. The van der Waals surface area contributed by atoms with Gasteiger partial charge in [-0.25, -0.2) is 0 Å². The van der Waals surface area contributed by atoms with Crippen molar-refractivity contribution in [2.75, 3.05) is 26.7 Å². The molecule has 0 spiro atoms. The quantitative estimate of drug-likeness (QED) is 0.806. The Morgan fingerprint density at radius 2 is 2.30 bits per heavy atom. The molecule has 0 aliphatic carbocycles. The molecule has 2 aromatic heterocycles. The van der Waals surface area contributed by atoms with Crippen LogP contribution >= 0.6 is 11.3 Å². The van der Waals surface area contributed by atoms with Gasteiger partial charge >= 0.3 is 0 Å². The second-order valence-corrected chi connectivity index (χ2v) is 5.92. The van der Waals surface area contributed by atoms with Crippen LogP contribution in [0, 0.1) is 0 Å². The summed E-state index contributed by atoms with van der Waals surface area (Å²) in [6.45, 7) is 4.64. The number of rotatable bonds is 2. The van der Waals surface area contributed by atoms with Crippen LogP contribution in [0.5, 0.6) is 0 Å². The average molecular weight is 292 g/mol. The third-order valence-corrected chi connectivity index (χ3v) is 4.42. The third kappa shape index (κ3) is 2.32. The minimum Gasteiger partial charge on any atom is -0.333 e. The Bertz CT molecular complexity index is 595. The first-order valence-corrected chi connectivity index (χ1v) is 7.35. The predicted octanol–water partition coefficient (Wildman–Crippen LogP) is 0.500. The zero-order valence-corrected chi connectivity index (χ0v) is 12.2. The summed E-state index contributed by atoms with van der Waals surface area (Å²) in [5.41, 5.74) is 0.746. The van der Waals surface area contributed by atoms with Crippen LogP contribution in [-0.2, 0) is 0 Å². The van der Waals surface area contributed by atoms with Crippen molar-refractivity contribution in [3.63, 3.8) is 0 Å². The molecule has 7 nitrogen and oxygen atoms in total. The molecule has 1 atom stereocenters. The van der Waals surface area contributed by atoms with Crippen LogP contribution in [0.2, 0.25) is 0 Å². The van der Waals surface area contributed by atoms with Gasteiger partial charge in [0, 0.05) is 25.7 Å². The summed E-state index contributed by atoms with van der Waals surface area (Å²) < 4.78 is 1.53. The van der Waals surface area contributed by atoms with E-state index < -0.39 is 0 Å². The summed E-state index contributed by atoms with van der Waals surface area (Å²) >= 11 is 1.43. The van der Waals surface area contributed by atoms with Crippen molar-refractivity contribution in [3.8, 4) is 5.69 Å². The highest BCUT2D eigenvalue weighted by molar-refractivity contribution is 7.12. The molecular formula is C12H16N6OS. The van der Waals surface area contributed by atoms with Crippen LogP contribution in [0.1, 0.15) is 16.6 Å². The Labute approximate surface area is 120 Å². The Hall–Kier alpha value is -1.80. The molecule has 3 heterocycles. The fourth-order valence-electron chi connectivity index (χ4n) is 2.49. The second-order valence-electron chi connectivity index (χ2n) is 5.00. The van der Waals surface area contributed by atoms with Crippen LogP contribution in [-0.4, -0.2) is 68.6 Å². The van der Waals surface area contributed by atoms with E-state index in [1.54, 1.807) is 0 Å². The van der Waals surface area contributed by atoms with E-state index in [0.29, 0.717) is 4.88 Å². The predicted molar refractivity (Wildman–Crippen MR) is 75.0 cm³/mol. The molecule has 106 valence electrons. The van der Waals surface area contributed by atoms with Crippen molar-refractivity contribution in [2.24, 2.45) is 0 Å². The maximum atomic E-state index is 12.7. The van der Waals surface area contributed by atoms with E-state index in [-0.39, 0.29) is 11.9 Å². The number of piperazine rings is 1. The van der Waals surface area contributed by atoms with Gasteiger partial charge < -0.3 is 9.80 Å². The topological polar surface area (TPSA) is 67.2 Å². The van der Waals surface area contributed by atoms with E-state index >= 15 is 0 Å². The Kier molecular flexibility index (Phi) is 3.49. The van der Waals surface area contributed by atoms with Crippen molar-refractivity contribution in [1.82, 2.24) is 30.0 Å². The molecule has 0 N–H and O–H groups in total. The summed E-state index contributed by atoms with van der Waals surface area (Å²) in [7, 11) is 2.08. The van der Waals surface area contributed by atoms with Crippen molar-refractivity contribution < 1.29 is 4.79 Å². The molecule has 1 fully saturated rings. The summed E-state index contributed by atoms with van der Waals surface area (Å²) in [5.74, 6) is 0.0612. The first-order chi connectivity index (χ1) is 9.66. The first-order valence-electron chi connectivity index (χ1n) is 6.47. The number of carbonyl (C=O) groups is 1. The van der Waals surface area contributed by atoms with Gasteiger partial charge in [0.05, 0.1) is 5.69 Å². The molecule has 2 aromatic rings. The van der Waals surface area contributed by atoms with Gasteiger partial charge in [0.25, 0.3) is 5.91 Å². The molecule has 1 saturated heterocycles. The summed E-state index contributed by atoms with van der Waals surface area (Å²) in [5, 5.41) is 13.0. The maximum absolute atomic E-state index is 12.7. The van der Waals surface area contributed by atoms with Crippen molar-refractivity contribution in [2.45, 2.75) is 13.0 Å². The van der Waals surface area contributed by atoms with E-state index in [2.05, 4.69) is 34.4 Å². The number of hydrogen-bond acceptors (Lipinski definition) is 6. The molecule has 0 aromatic carbocycles. The van der Waals surface area contributed by atoms with Gasteiger partial charge in [0.2, 0.25) is 0 Å². The highest BCUT2D eigenvalue weighted by atomic mass is 32.1. The lowest BCUT2D eigenvalue weighted by Crippen LogP contribution is -2.52. The van der Waals surface area contributed by atoms with Crippen molar-refractivity contribution in [1.29, 1.82) is 0 Å². The smallest absolute Gasteiger partial charge is 0.266 e. The summed E-state index contributed by atoms with van der Waals surface area (Å²) in [6, 6.07) is 2.08. The van der Waals surface area contributed by atoms with Gasteiger partial charge in [0.1, 0.15) is 11.2 Å². The van der Waals surface area contributed by atoms with Crippen LogP contribution < -0.4 is 0 Å². The fraction of sp³-hybridized carbons (Fsp3) is 0.500. The third-order valence-electron chi connectivity index (χ3n) is 3.53. The number of nitrogens with zero attached hydrogens (tertiary/aromatic N) is 6. The number of aromatic nitrogens is 4. The van der Waals surface area contributed by atoms with Gasteiger partial charge in [-0.3, -0.25) is 4.79 Å². The molecular weight excluding hydrogens is 276 g/mol. The normalized spacial score (nSPS) is 20.3. The minimum absolute atomic E-state index is 0.0612. The Morgan fingerprint density at radius 1 is 1.45 bits per heavy atom. The van der Waals surface area contributed by atoms with Gasteiger partial charge in [-0.2, -0.15) is 4.68 Å². The number of thiophene rings is 1. The molecule has 0 saturated carbocycles. The zero-order valence-electron chi connectivity index (χ0n) is 11.4. The summed E-state index contributed by atoms with van der Waals surface area (Å²) in [4.78, 5) is 17.6. The lowest BCUT2D eigenvalue weighted by molar-refractivity contribution is 0.0538. The van der Waals surface area contributed by atoms with Crippen LogP contribution in [0.25, 0.3) is 5.69 Å². The zero-order chi connectivity index (χ0) is 14.1. The number of amides is 1. The number of carbonyl (C=O) groups excluding carboxylic acids is 1. The van der Waals surface area contributed by atoms with Gasteiger partial charge in [0.15, 0.2) is 0 Å². The Balaban J connectivity index is 1.87. The molecule has 20 heavy (non-hydrogen) atoms. The van der Waals surface area contributed by atoms with Crippen molar-refractivity contribution >= 4 is 17.2 Å². The molecule has 1 amide bonds. The number of tetrazole rings is 1. The highest BCUT2D eigenvalue weighted by Gasteiger charge is 2.29. The van der Waals surface area contributed by atoms with Gasteiger partial charge in [-0.05, 0) is 35.8 Å². The second kappa shape index (κ2) is 5.29. The van der Waals surface area contributed by atoms with Gasteiger partial charge in [-0.1, -0.05) is 0 Å². The number of hydrogen-bond donors (Lipinski definition) is 0. The van der Waals surface area contributed by atoms with E-state index in [9.17, 15) is 4.79 Å². The van der Waals surface area contributed by atoms with E-state index in [4.69, 9.17) is 0 Å². The van der Waals surface area contributed by atoms with E-state index in [1.807, 2.05) is 16.3 Å². The molecule has 3 rings (SSSR count). The summed E-state index contributed by atoms with van der Waals surface area (Å²) in [6.07, 6.45) is 1.51. The minimum atomic E-state index is 0.0612. The molecule has 0 radical (unpaired) electrons. The van der Waals surface area contributed by atoms with E-state index in [0.717, 1.165) is 25.3 Å². The lowest BCUT2D eigenvalue weighted by atomic mass is 10.2. The Morgan fingerprint density at radius 3 is 3.00 bits per heavy atom. The fourth-order valence-corrected chi connectivity index (χ4v) is 3.32. The standard InChI is InChI=1S/C12H16N6OS/c1-9-7-16(2)4-5-17(9)12(19)11-10(3-6-20-11)18-8-13-14-15-18/h3,6,8-9H,4-5,7H2,1-2H3/t9-/m1/s1. The highest BCUT2D eigenvalue weighted by Crippen LogP contribution is 2.23. The molecule has 0 unspecified atom stereocenters. The van der Waals surface area contributed by atoms with E-state index in [1.165, 1.54) is 22.3 Å². The SMILES string of the molecule is C[C@@H]1CN(C)CCN1C(=O)c1sccc1-n1cnnn1. The molecule has 1 aliphatic rings. The average Bonchev–Trinajstić information content (AvgIpc) is 3.09. The number of likely N-dealkylation sites (N-methyl/N-ethyl adjacent to an activating group) is 1. The largest absolute Gasteiger partial charge is 0.333 e.